The van der Waals surface area contributed by atoms with Gasteiger partial charge in [-0.05, 0) is 73.9 Å². The van der Waals surface area contributed by atoms with Crippen LogP contribution in [0.25, 0.3) is 0 Å². The standard InChI is InChI=1S/C30H28N4O3/c1-18-15-19(2)26(20(3)16-18)28(35)25-14-13-24-27(34(25)32-22-11-9-21(17-31)10-12-22)30(37)33(29(24)36)23-7-5-4-6-8-23/h4-16,24-25,27-28,32,35H,1-3H3. The Morgan fingerprint density at radius 1 is 0.919 bits per heavy atom. The van der Waals surface area contributed by atoms with Crippen LogP contribution in [0.1, 0.15) is 33.9 Å². The van der Waals surface area contributed by atoms with Gasteiger partial charge in [0.15, 0.2) is 0 Å². The Morgan fingerprint density at radius 2 is 1.57 bits per heavy atom. The van der Waals surface area contributed by atoms with E-state index in [-0.39, 0.29) is 11.8 Å². The minimum Gasteiger partial charge on any atom is -0.386 e. The summed E-state index contributed by atoms with van der Waals surface area (Å²) in [5.74, 6) is -1.37. The Bertz CT molecular complexity index is 1400. The van der Waals surface area contributed by atoms with Crippen LogP contribution in [0, 0.1) is 38.0 Å². The summed E-state index contributed by atoms with van der Waals surface area (Å²) in [5.41, 5.74) is 8.76. The van der Waals surface area contributed by atoms with Gasteiger partial charge in [-0.3, -0.25) is 9.59 Å². The van der Waals surface area contributed by atoms with Crippen molar-refractivity contribution in [3.8, 4) is 6.07 Å². The van der Waals surface area contributed by atoms with Gasteiger partial charge in [-0.25, -0.2) is 9.91 Å². The van der Waals surface area contributed by atoms with Crippen LogP contribution in [0.3, 0.4) is 0 Å². The lowest BCUT2D eigenvalue weighted by Gasteiger charge is -2.41. The van der Waals surface area contributed by atoms with Crippen molar-refractivity contribution in [1.82, 2.24) is 5.01 Å². The average Bonchev–Trinajstić information content (AvgIpc) is 3.14. The summed E-state index contributed by atoms with van der Waals surface area (Å²) in [6, 6.07) is 20.4. The highest BCUT2D eigenvalue weighted by Crippen LogP contribution is 2.39. The number of amides is 2. The molecule has 7 heteroatoms. The monoisotopic (exact) mass is 492 g/mol. The molecule has 3 aromatic rings. The summed E-state index contributed by atoms with van der Waals surface area (Å²) in [4.78, 5) is 28.5. The molecule has 0 radical (unpaired) electrons. The van der Waals surface area contributed by atoms with Crippen LogP contribution < -0.4 is 10.3 Å². The third kappa shape index (κ3) is 4.31. The van der Waals surface area contributed by atoms with E-state index in [1.54, 1.807) is 65.7 Å². The molecule has 7 nitrogen and oxygen atoms in total. The number of anilines is 2. The van der Waals surface area contributed by atoms with Crippen LogP contribution in [0.2, 0.25) is 0 Å². The molecule has 2 amide bonds. The first-order valence-corrected chi connectivity index (χ1v) is 12.2. The van der Waals surface area contributed by atoms with Crippen LogP contribution in [0.4, 0.5) is 11.4 Å². The van der Waals surface area contributed by atoms with Gasteiger partial charge in [0, 0.05) is 5.69 Å². The lowest BCUT2D eigenvalue weighted by atomic mass is 9.87. The number of nitrogens with zero attached hydrogens (tertiary/aromatic N) is 3. The molecular weight excluding hydrogens is 464 g/mol. The Balaban J connectivity index is 1.57. The molecule has 1 fully saturated rings. The predicted octanol–water partition coefficient (Wildman–Crippen LogP) is 4.34. The fourth-order valence-corrected chi connectivity index (χ4v) is 5.50. The van der Waals surface area contributed by atoms with Gasteiger partial charge < -0.3 is 10.5 Å². The first-order valence-electron chi connectivity index (χ1n) is 12.2. The maximum Gasteiger partial charge on any atom is 0.254 e. The Morgan fingerprint density at radius 3 is 2.19 bits per heavy atom. The number of imide groups is 1. The number of aliphatic hydroxyl groups excluding tert-OH is 1. The van der Waals surface area contributed by atoms with Crippen molar-refractivity contribution in [2.45, 2.75) is 39.0 Å². The molecule has 5 rings (SSSR count). The van der Waals surface area contributed by atoms with Gasteiger partial charge in [-0.15, -0.1) is 0 Å². The molecule has 37 heavy (non-hydrogen) atoms. The number of carbonyl (C=O) groups is 2. The first kappa shape index (κ1) is 24.4. The number of benzene rings is 3. The lowest BCUT2D eigenvalue weighted by Crippen LogP contribution is -2.55. The Kier molecular flexibility index (Phi) is 6.38. The number of hydrogen-bond acceptors (Lipinski definition) is 6. The molecule has 0 spiro atoms. The number of nitrogens with one attached hydrogen (secondary N) is 1. The number of aliphatic hydroxyl groups is 1. The molecule has 1 saturated heterocycles. The van der Waals surface area contributed by atoms with Gasteiger partial charge in [0.2, 0.25) is 5.91 Å². The Hall–Kier alpha value is -4.25. The molecule has 2 aliphatic heterocycles. The summed E-state index contributed by atoms with van der Waals surface area (Å²) in [5, 5.41) is 22.6. The minimum atomic E-state index is -0.961. The number of rotatable bonds is 5. The normalized spacial score (nSPS) is 22.0. The number of nitriles is 1. The third-order valence-electron chi connectivity index (χ3n) is 7.10. The van der Waals surface area contributed by atoms with Crippen molar-refractivity contribution >= 4 is 23.2 Å². The van der Waals surface area contributed by atoms with E-state index in [0.29, 0.717) is 16.9 Å². The second kappa shape index (κ2) is 9.66. The zero-order valence-electron chi connectivity index (χ0n) is 20.9. The fourth-order valence-electron chi connectivity index (χ4n) is 5.50. The summed E-state index contributed by atoms with van der Waals surface area (Å²) in [7, 11) is 0. The number of hydrazine groups is 1. The second-order valence-electron chi connectivity index (χ2n) is 9.66. The molecule has 4 atom stereocenters. The summed E-state index contributed by atoms with van der Waals surface area (Å²) in [6.45, 7) is 5.95. The fraction of sp³-hybridized carbons (Fsp3) is 0.233. The van der Waals surface area contributed by atoms with E-state index >= 15 is 0 Å². The summed E-state index contributed by atoms with van der Waals surface area (Å²) < 4.78 is 0. The van der Waals surface area contributed by atoms with Gasteiger partial charge in [0.25, 0.3) is 5.91 Å². The molecule has 0 aliphatic carbocycles. The highest BCUT2D eigenvalue weighted by Gasteiger charge is 2.54. The smallest absolute Gasteiger partial charge is 0.254 e. The minimum absolute atomic E-state index is 0.306. The van der Waals surface area contributed by atoms with Gasteiger partial charge in [-0.1, -0.05) is 48.0 Å². The topological polar surface area (TPSA) is 96.7 Å². The molecule has 3 aromatic carbocycles. The number of hydrogen-bond donors (Lipinski definition) is 2. The molecule has 2 heterocycles. The van der Waals surface area contributed by atoms with Crippen LogP contribution in [0.5, 0.6) is 0 Å². The van der Waals surface area contributed by atoms with Crippen LogP contribution in [-0.2, 0) is 9.59 Å². The number of aryl methyl sites for hydroxylation is 3. The van der Waals surface area contributed by atoms with E-state index in [4.69, 9.17) is 0 Å². The SMILES string of the molecule is Cc1cc(C)c(C(O)C2C=CC3C(=O)N(c4ccccc4)C(=O)C3N2Nc2ccc(C#N)cc2)c(C)c1. The van der Waals surface area contributed by atoms with E-state index in [9.17, 15) is 20.0 Å². The molecule has 0 saturated carbocycles. The van der Waals surface area contributed by atoms with Crippen molar-refractivity contribution < 1.29 is 14.7 Å². The van der Waals surface area contributed by atoms with E-state index in [1.807, 2.05) is 39.0 Å². The first-order chi connectivity index (χ1) is 17.8. The van der Waals surface area contributed by atoms with E-state index in [2.05, 4.69) is 11.5 Å². The Labute approximate surface area is 216 Å². The maximum atomic E-state index is 13.8. The zero-order valence-corrected chi connectivity index (χ0v) is 20.9. The maximum absolute atomic E-state index is 13.8. The highest BCUT2D eigenvalue weighted by atomic mass is 16.3. The molecule has 4 unspecified atom stereocenters. The molecule has 186 valence electrons. The van der Waals surface area contributed by atoms with Crippen molar-refractivity contribution in [3.05, 3.63) is 107 Å². The summed E-state index contributed by atoms with van der Waals surface area (Å²) >= 11 is 0. The van der Waals surface area contributed by atoms with Gasteiger partial charge in [0.1, 0.15) is 12.1 Å². The molecule has 0 aromatic heterocycles. The quantitative estimate of drug-likeness (QED) is 0.406. The van der Waals surface area contributed by atoms with Crippen molar-refractivity contribution in [2.75, 3.05) is 10.3 Å². The van der Waals surface area contributed by atoms with E-state index in [1.165, 1.54) is 4.90 Å². The second-order valence-corrected chi connectivity index (χ2v) is 9.66. The van der Waals surface area contributed by atoms with E-state index in [0.717, 1.165) is 22.3 Å². The van der Waals surface area contributed by atoms with Gasteiger partial charge in [0.05, 0.1) is 29.3 Å². The van der Waals surface area contributed by atoms with Crippen molar-refractivity contribution in [3.63, 3.8) is 0 Å². The van der Waals surface area contributed by atoms with E-state index < -0.39 is 24.1 Å². The summed E-state index contributed by atoms with van der Waals surface area (Å²) in [6.07, 6.45) is 2.59. The third-order valence-corrected chi connectivity index (χ3v) is 7.10. The van der Waals surface area contributed by atoms with Crippen molar-refractivity contribution in [1.29, 1.82) is 5.26 Å². The average molecular weight is 493 g/mol. The van der Waals surface area contributed by atoms with Gasteiger partial charge in [-0.2, -0.15) is 5.26 Å². The highest BCUT2D eigenvalue weighted by molar-refractivity contribution is 6.24. The molecule has 0 bridgehead atoms. The molecular formula is C30H28N4O3. The molecule has 2 N–H and O–H groups in total. The largest absolute Gasteiger partial charge is 0.386 e. The number of fused-ring (bicyclic) bond motifs is 1. The number of para-hydroxylation sites is 1. The van der Waals surface area contributed by atoms with Crippen LogP contribution in [-0.4, -0.2) is 34.0 Å². The zero-order chi connectivity index (χ0) is 26.3. The molecule has 2 aliphatic rings. The van der Waals surface area contributed by atoms with Crippen molar-refractivity contribution in [2.24, 2.45) is 5.92 Å². The van der Waals surface area contributed by atoms with Crippen LogP contribution >= 0.6 is 0 Å². The predicted molar refractivity (Wildman–Crippen MR) is 141 cm³/mol. The number of carbonyl (C=O) groups excluding carboxylic acids is 2. The lowest BCUT2D eigenvalue weighted by molar-refractivity contribution is -0.123. The van der Waals surface area contributed by atoms with Crippen LogP contribution in [0.15, 0.2) is 78.9 Å². The van der Waals surface area contributed by atoms with Gasteiger partial charge >= 0.3 is 0 Å².